The van der Waals surface area contributed by atoms with Crippen molar-refractivity contribution in [3.63, 3.8) is 0 Å². The van der Waals surface area contributed by atoms with Crippen molar-refractivity contribution >= 4 is 5.97 Å². The predicted octanol–water partition coefficient (Wildman–Crippen LogP) is 3.61. The summed E-state index contributed by atoms with van der Waals surface area (Å²) in [7, 11) is 0. The Morgan fingerprint density at radius 1 is 1.42 bits per heavy atom. The summed E-state index contributed by atoms with van der Waals surface area (Å²) >= 11 is 0. The van der Waals surface area contributed by atoms with Crippen molar-refractivity contribution in [2.75, 3.05) is 0 Å². The van der Waals surface area contributed by atoms with Gasteiger partial charge in [-0.25, -0.2) is 14.2 Å². The average Bonchev–Trinajstić information content (AvgIpc) is 2.78. The Morgan fingerprint density at radius 3 is 2.58 bits per heavy atom. The number of carboxylic acid groups (broad SMARTS) is 1. The fourth-order valence-corrected chi connectivity index (χ4v) is 1.73. The lowest BCUT2D eigenvalue weighted by Gasteiger charge is -1.99. The van der Waals surface area contributed by atoms with Gasteiger partial charge in [-0.3, -0.25) is 0 Å². The Balaban J connectivity index is 2.54. The maximum atomic E-state index is 13.5. The van der Waals surface area contributed by atoms with Gasteiger partial charge in [0, 0.05) is 5.56 Å². The van der Waals surface area contributed by atoms with E-state index in [0.29, 0.717) is 16.8 Å². The Kier molecular flexibility index (Phi) is 3.38. The normalized spacial score (nSPS) is 11.0. The number of carboxylic acids is 1. The maximum Gasteiger partial charge on any atom is 0.373 e. The number of carbonyl (C=O) groups is 1. The standard InChI is InChI=1S/C14H14FNO3/c1-7(2)11-12(14(17)18)19-13(16-11)9-5-4-8(3)10(15)6-9/h4-7H,1-3H3,(H,17,18). The SMILES string of the molecule is Cc1ccc(-c2nc(C(C)C)c(C(=O)O)o2)cc1F. The highest BCUT2D eigenvalue weighted by Gasteiger charge is 2.22. The summed E-state index contributed by atoms with van der Waals surface area (Å²) in [5.41, 5.74) is 1.30. The Bertz CT molecular complexity index is 632. The molecule has 0 aliphatic rings. The van der Waals surface area contributed by atoms with Crippen LogP contribution in [-0.2, 0) is 0 Å². The largest absolute Gasteiger partial charge is 0.475 e. The molecule has 0 aliphatic carbocycles. The van der Waals surface area contributed by atoms with Gasteiger partial charge in [-0.15, -0.1) is 0 Å². The number of hydrogen-bond donors (Lipinski definition) is 1. The van der Waals surface area contributed by atoms with E-state index in [0.717, 1.165) is 0 Å². The number of rotatable bonds is 3. The zero-order valence-electron chi connectivity index (χ0n) is 10.9. The third-order valence-electron chi connectivity index (χ3n) is 2.81. The number of aromatic nitrogens is 1. The summed E-state index contributed by atoms with van der Waals surface area (Å²) in [5.74, 6) is -1.70. The van der Waals surface area contributed by atoms with Gasteiger partial charge in [0.2, 0.25) is 11.7 Å². The first-order chi connectivity index (χ1) is 8.90. The zero-order chi connectivity index (χ0) is 14.2. The molecule has 0 bridgehead atoms. The minimum atomic E-state index is -1.17. The first-order valence-corrected chi connectivity index (χ1v) is 5.90. The molecule has 0 atom stereocenters. The van der Waals surface area contributed by atoms with E-state index in [1.54, 1.807) is 19.1 Å². The van der Waals surface area contributed by atoms with Crippen molar-refractivity contribution in [1.29, 1.82) is 0 Å². The van der Waals surface area contributed by atoms with E-state index in [2.05, 4.69) is 4.98 Å². The molecule has 0 unspecified atom stereocenters. The number of aryl methyl sites for hydroxylation is 1. The van der Waals surface area contributed by atoms with Crippen molar-refractivity contribution in [2.24, 2.45) is 0 Å². The molecule has 0 fully saturated rings. The highest BCUT2D eigenvalue weighted by molar-refractivity contribution is 5.86. The number of benzene rings is 1. The van der Waals surface area contributed by atoms with E-state index in [4.69, 9.17) is 9.52 Å². The highest BCUT2D eigenvalue weighted by Crippen LogP contribution is 2.27. The fraction of sp³-hybridized carbons (Fsp3) is 0.286. The van der Waals surface area contributed by atoms with Gasteiger partial charge >= 0.3 is 5.97 Å². The second-order valence-electron chi connectivity index (χ2n) is 4.66. The van der Waals surface area contributed by atoms with Crippen LogP contribution in [0.15, 0.2) is 22.6 Å². The van der Waals surface area contributed by atoms with Gasteiger partial charge in [0.1, 0.15) is 5.82 Å². The van der Waals surface area contributed by atoms with Crippen LogP contribution in [0, 0.1) is 12.7 Å². The third-order valence-corrected chi connectivity index (χ3v) is 2.81. The molecule has 100 valence electrons. The van der Waals surface area contributed by atoms with E-state index in [-0.39, 0.29) is 23.4 Å². The van der Waals surface area contributed by atoms with Crippen LogP contribution in [0.3, 0.4) is 0 Å². The van der Waals surface area contributed by atoms with E-state index in [1.807, 2.05) is 13.8 Å². The van der Waals surface area contributed by atoms with Crippen molar-refractivity contribution in [2.45, 2.75) is 26.7 Å². The van der Waals surface area contributed by atoms with E-state index >= 15 is 0 Å². The van der Waals surface area contributed by atoms with Gasteiger partial charge in [0.25, 0.3) is 0 Å². The van der Waals surface area contributed by atoms with E-state index in [1.165, 1.54) is 6.07 Å². The second-order valence-corrected chi connectivity index (χ2v) is 4.66. The first-order valence-electron chi connectivity index (χ1n) is 5.90. The fourth-order valence-electron chi connectivity index (χ4n) is 1.73. The van der Waals surface area contributed by atoms with Gasteiger partial charge in [-0.1, -0.05) is 19.9 Å². The van der Waals surface area contributed by atoms with Gasteiger partial charge in [-0.05, 0) is 30.5 Å². The second kappa shape index (κ2) is 4.84. The lowest BCUT2D eigenvalue weighted by atomic mass is 10.1. The zero-order valence-corrected chi connectivity index (χ0v) is 10.9. The molecule has 2 aromatic rings. The van der Waals surface area contributed by atoms with Crippen LogP contribution in [-0.4, -0.2) is 16.1 Å². The minimum Gasteiger partial charge on any atom is -0.475 e. The lowest BCUT2D eigenvalue weighted by molar-refractivity contribution is 0.0661. The van der Waals surface area contributed by atoms with E-state index < -0.39 is 5.97 Å². The highest BCUT2D eigenvalue weighted by atomic mass is 19.1. The lowest BCUT2D eigenvalue weighted by Crippen LogP contribution is -2.01. The van der Waals surface area contributed by atoms with Crippen LogP contribution in [0.1, 0.15) is 41.6 Å². The van der Waals surface area contributed by atoms with E-state index in [9.17, 15) is 9.18 Å². The van der Waals surface area contributed by atoms with Crippen molar-refractivity contribution in [3.8, 4) is 11.5 Å². The third kappa shape index (κ3) is 2.50. The molecule has 0 saturated heterocycles. The summed E-state index contributed by atoms with van der Waals surface area (Å²) in [6.07, 6.45) is 0. The quantitative estimate of drug-likeness (QED) is 0.918. The molecule has 1 aromatic carbocycles. The van der Waals surface area contributed by atoms with Gasteiger partial charge in [-0.2, -0.15) is 0 Å². The van der Waals surface area contributed by atoms with Crippen molar-refractivity contribution < 1.29 is 18.7 Å². The molecule has 4 nitrogen and oxygen atoms in total. The molecule has 1 aromatic heterocycles. The van der Waals surface area contributed by atoms with Crippen molar-refractivity contribution in [1.82, 2.24) is 4.98 Å². The van der Waals surface area contributed by atoms with Crippen LogP contribution in [0.4, 0.5) is 4.39 Å². The molecule has 5 heteroatoms. The Morgan fingerprint density at radius 2 is 2.11 bits per heavy atom. The molecular weight excluding hydrogens is 249 g/mol. The summed E-state index contributed by atoms with van der Waals surface area (Å²) in [4.78, 5) is 15.2. The van der Waals surface area contributed by atoms with Gasteiger partial charge in [0.05, 0.1) is 5.69 Å². The minimum absolute atomic E-state index is 0.0844. The molecule has 1 N–H and O–H groups in total. The molecule has 0 radical (unpaired) electrons. The molecule has 0 saturated carbocycles. The molecule has 2 rings (SSSR count). The first kappa shape index (κ1) is 13.3. The Labute approximate surface area is 109 Å². The molecule has 0 aliphatic heterocycles. The number of oxazole rings is 1. The summed E-state index contributed by atoms with van der Waals surface area (Å²) in [6, 6.07) is 4.54. The molecule has 0 spiro atoms. The van der Waals surface area contributed by atoms with Crippen molar-refractivity contribution in [3.05, 3.63) is 41.0 Å². The van der Waals surface area contributed by atoms with Crippen LogP contribution in [0.25, 0.3) is 11.5 Å². The smallest absolute Gasteiger partial charge is 0.373 e. The molecule has 19 heavy (non-hydrogen) atoms. The number of aromatic carboxylic acids is 1. The van der Waals surface area contributed by atoms with Crippen LogP contribution < -0.4 is 0 Å². The molecule has 1 heterocycles. The van der Waals surface area contributed by atoms with Crippen LogP contribution in [0.5, 0.6) is 0 Å². The number of hydrogen-bond acceptors (Lipinski definition) is 3. The predicted molar refractivity (Wildman–Crippen MR) is 67.7 cm³/mol. The Hall–Kier alpha value is -2.17. The molecule has 0 amide bonds. The van der Waals surface area contributed by atoms with Crippen LogP contribution in [0.2, 0.25) is 0 Å². The van der Waals surface area contributed by atoms with Crippen LogP contribution >= 0.6 is 0 Å². The van der Waals surface area contributed by atoms with Gasteiger partial charge < -0.3 is 9.52 Å². The number of halogens is 1. The summed E-state index contributed by atoms with van der Waals surface area (Å²) < 4.78 is 18.7. The van der Waals surface area contributed by atoms with Gasteiger partial charge in [0.15, 0.2) is 0 Å². The number of nitrogens with zero attached hydrogens (tertiary/aromatic N) is 1. The molecular formula is C14H14FNO3. The summed E-state index contributed by atoms with van der Waals surface area (Å²) in [6.45, 7) is 5.30. The average molecular weight is 263 g/mol. The topological polar surface area (TPSA) is 63.3 Å². The monoisotopic (exact) mass is 263 g/mol. The summed E-state index contributed by atoms with van der Waals surface area (Å²) in [5, 5.41) is 9.07. The maximum absolute atomic E-state index is 13.5.